The van der Waals surface area contributed by atoms with Crippen molar-refractivity contribution in [1.29, 1.82) is 5.26 Å². The minimum atomic E-state index is -4.66. The van der Waals surface area contributed by atoms with Crippen LogP contribution in [-0.2, 0) is 6.18 Å². The van der Waals surface area contributed by atoms with Gasteiger partial charge in [0.25, 0.3) is 0 Å². The molecular weight excluding hydrogens is 291 g/mol. The van der Waals surface area contributed by atoms with Gasteiger partial charge in [0.1, 0.15) is 11.6 Å². The molecule has 0 bridgehead atoms. The molecule has 0 spiro atoms. The first-order valence-electron chi connectivity index (χ1n) is 5.64. The first kappa shape index (κ1) is 14.8. The molecule has 2 rings (SSSR count). The van der Waals surface area contributed by atoms with Crippen LogP contribution in [-0.4, -0.2) is 0 Å². The summed E-state index contributed by atoms with van der Waals surface area (Å²) >= 11 is 0. The largest absolute Gasteiger partial charge is 0.417 e. The van der Waals surface area contributed by atoms with Crippen LogP contribution in [0.3, 0.4) is 0 Å². The first-order valence-corrected chi connectivity index (χ1v) is 5.64. The number of nitriles is 1. The van der Waals surface area contributed by atoms with Gasteiger partial charge in [0.2, 0.25) is 0 Å². The molecule has 21 heavy (non-hydrogen) atoms. The SMILES string of the molecule is N#Cc1cc(Nc2cc(F)ccc2F)ccc1C(F)(F)F. The van der Waals surface area contributed by atoms with Gasteiger partial charge in [-0.15, -0.1) is 0 Å². The fraction of sp³-hybridized carbons (Fsp3) is 0.0714. The highest BCUT2D eigenvalue weighted by Gasteiger charge is 2.33. The van der Waals surface area contributed by atoms with E-state index in [0.717, 1.165) is 30.3 Å². The molecule has 0 amide bonds. The van der Waals surface area contributed by atoms with Crippen molar-refractivity contribution in [1.82, 2.24) is 0 Å². The predicted molar refractivity (Wildman–Crippen MR) is 65.8 cm³/mol. The van der Waals surface area contributed by atoms with Gasteiger partial charge in [-0.2, -0.15) is 18.4 Å². The Labute approximate surface area is 116 Å². The summed E-state index contributed by atoms with van der Waals surface area (Å²) in [7, 11) is 0. The maximum absolute atomic E-state index is 13.4. The average molecular weight is 298 g/mol. The number of halogens is 5. The molecule has 0 saturated heterocycles. The van der Waals surface area contributed by atoms with Gasteiger partial charge >= 0.3 is 6.18 Å². The Morgan fingerprint density at radius 2 is 1.71 bits per heavy atom. The minimum Gasteiger partial charge on any atom is -0.353 e. The van der Waals surface area contributed by atoms with Crippen molar-refractivity contribution in [2.24, 2.45) is 0 Å². The quantitative estimate of drug-likeness (QED) is 0.822. The van der Waals surface area contributed by atoms with Crippen LogP contribution in [0.2, 0.25) is 0 Å². The molecule has 108 valence electrons. The molecule has 0 aliphatic rings. The highest BCUT2D eigenvalue weighted by atomic mass is 19.4. The van der Waals surface area contributed by atoms with Gasteiger partial charge in [-0.25, -0.2) is 8.78 Å². The predicted octanol–water partition coefficient (Wildman–Crippen LogP) is 4.60. The maximum Gasteiger partial charge on any atom is 0.417 e. The Morgan fingerprint density at radius 1 is 1.00 bits per heavy atom. The van der Waals surface area contributed by atoms with E-state index in [4.69, 9.17) is 5.26 Å². The van der Waals surface area contributed by atoms with E-state index < -0.39 is 28.9 Å². The molecule has 2 nitrogen and oxygen atoms in total. The van der Waals surface area contributed by atoms with Crippen molar-refractivity contribution >= 4 is 11.4 Å². The summed E-state index contributed by atoms with van der Waals surface area (Å²) in [5, 5.41) is 11.2. The minimum absolute atomic E-state index is 0.0454. The van der Waals surface area contributed by atoms with Crippen molar-refractivity contribution in [3.8, 4) is 6.07 Å². The second-order valence-corrected chi connectivity index (χ2v) is 4.12. The Morgan fingerprint density at radius 3 is 2.33 bits per heavy atom. The van der Waals surface area contributed by atoms with E-state index in [2.05, 4.69) is 5.32 Å². The molecule has 0 aliphatic carbocycles. The molecule has 0 fully saturated rings. The highest BCUT2D eigenvalue weighted by molar-refractivity contribution is 5.63. The molecule has 0 unspecified atom stereocenters. The van der Waals surface area contributed by atoms with Crippen LogP contribution >= 0.6 is 0 Å². The third-order valence-electron chi connectivity index (χ3n) is 2.65. The topological polar surface area (TPSA) is 35.8 Å². The molecule has 7 heteroatoms. The van der Waals surface area contributed by atoms with Crippen molar-refractivity contribution in [2.75, 3.05) is 5.32 Å². The van der Waals surface area contributed by atoms with Crippen LogP contribution in [0.15, 0.2) is 36.4 Å². The average Bonchev–Trinajstić information content (AvgIpc) is 2.41. The smallest absolute Gasteiger partial charge is 0.353 e. The van der Waals surface area contributed by atoms with Crippen LogP contribution in [0.5, 0.6) is 0 Å². The monoisotopic (exact) mass is 298 g/mol. The third kappa shape index (κ3) is 3.28. The van der Waals surface area contributed by atoms with Gasteiger partial charge in [-0.3, -0.25) is 0 Å². The van der Waals surface area contributed by atoms with E-state index in [1.807, 2.05) is 0 Å². The van der Waals surface area contributed by atoms with E-state index >= 15 is 0 Å². The number of anilines is 2. The van der Waals surface area contributed by atoms with Crippen molar-refractivity contribution in [3.63, 3.8) is 0 Å². The maximum atomic E-state index is 13.4. The zero-order valence-electron chi connectivity index (χ0n) is 10.3. The molecule has 0 saturated carbocycles. The molecule has 2 aromatic carbocycles. The van der Waals surface area contributed by atoms with E-state index in [1.54, 1.807) is 0 Å². The summed E-state index contributed by atoms with van der Waals surface area (Å²) in [5.74, 6) is -1.47. The molecule has 1 N–H and O–H groups in total. The highest BCUT2D eigenvalue weighted by Crippen LogP contribution is 2.33. The number of rotatable bonds is 2. The Kier molecular flexibility index (Phi) is 3.80. The molecule has 0 radical (unpaired) electrons. The van der Waals surface area contributed by atoms with Gasteiger partial charge in [0.15, 0.2) is 0 Å². The van der Waals surface area contributed by atoms with Crippen molar-refractivity contribution in [3.05, 3.63) is 59.2 Å². The van der Waals surface area contributed by atoms with Gasteiger partial charge in [0, 0.05) is 11.8 Å². The van der Waals surface area contributed by atoms with Crippen LogP contribution in [0.1, 0.15) is 11.1 Å². The standard InChI is InChI=1S/C14H7F5N2/c15-9-1-4-12(16)13(6-9)21-10-2-3-11(14(17,18)19)8(5-10)7-20/h1-6,21H. The van der Waals surface area contributed by atoms with Crippen molar-refractivity contribution in [2.45, 2.75) is 6.18 Å². The lowest BCUT2D eigenvalue weighted by Gasteiger charge is -2.12. The summed E-state index contributed by atoms with van der Waals surface area (Å²) in [5.41, 5.74) is -1.89. The molecule has 0 aromatic heterocycles. The molecule has 0 aliphatic heterocycles. The number of hydrogen-bond donors (Lipinski definition) is 1. The lowest BCUT2D eigenvalue weighted by molar-refractivity contribution is -0.137. The van der Waals surface area contributed by atoms with Crippen molar-refractivity contribution < 1.29 is 22.0 Å². The van der Waals surface area contributed by atoms with Crippen LogP contribution in [0.4, 0.5) is 33.3 Å². The van der Waals surface area contributed by atoms with Gasteiger partial charge < -0.3 is 5.32 Å². The zero-order valence-corrected chi connectivity index (χ0v) is 10.3. The zero-order chi connectivity index (χ0) is 15.6. The summed E-state index contributed by atoms with van der Waals surface area (Å²) in [6.07, 6.45) is -4.66. The lowest BCUT2D eigenvalue weighted by Crippen LogP contribution is -2.08. The molecule has 0 heterocycles. The number of alkyl halides is 3. The van der Waals surface area contributed by atoms with Gasteiger partial charge in [0.05, 0.1) is 22.9 Å². The van der Waals surface area contributed by atoms with Crippen LogP contribution in [0, 0.1) is 23.0 Å². The van der Waals surface area contributed by atoms with E-state index in [1.165, 1.54) is 6.07 Å². The number of benzene rings is 2. The number of nitrogens with one attached hydrogen (secondary N) is 1. The third-order valence-corrected chi connectivity index (χ3v) is 2.65. The molecular formula is C14H7F5N2. The van der Waals surface area contributed by atoms with E-state index in [0.29, 0.717) is 6.07 Å². The lowest BCUT2D eigenvalue weighted by atomic mass is 10.1. The fourth-order valence-electron chi connectivity index (χ4n) is 1.71. The fourth-order valence-corrected chi connectivity index (χ4v) is 1.71. The summed E-state index contributed by atoms with van der Waals surface area (Å²) in [4.78, 5) is 0. The molecule has 0 atom stereocenters. The summed E-state index contributed by atoms with van der Waals surface area (Å²) < 4.78 is 64.3. The first-order chi connectivity index (χ1) is 9.81. The second-order valence-electron chi connectivity index (χ2n) is 4.12. The second kappa shape index (κ2) is 5.40. The molecule has 2 aromatic rings. The van der Waals surface area contributed by atoms with E-state index in [-0.39, 0.29) is 11.4 Å². The van der Waals surface area contributed by atoms with Gasteiger partial charge in [-0.05, 0) is 30.3 Å². The summed E-state index contributed by atoms with van der Waals surface area (Å²) in [6, 6.07) is 6.75. The Balaban J connectivity index is 2.39. The summed E-state index contributed by atoms with van der Waals surface area (Å²) in [6.45, 7) is 0. The van der Waals surface area contributed by atoms with Gasteiger partial charge in [-0.1, -0.05) is 0 Å². The number of hydrogen-bond acceptors (Lipinski definition) is 2. The number of nitrogens with zero attached hydrogens (tertiary/aromatic N) is 1. The Bertz CT molecular complexity index is 716. The Hall–Kier alpha value is -2.62. The van der Waals surface area contributed by atoms with Crippen LogP contribution in [0.25, 0.3) is 0 Å². The van der Waals surface area contributed by atoms with Crippen LogP contribution < -0.4 is 5.32 Å². The van der Waals surface area contributed by atoms with E-state index in [9.17, 15) is 22.0 Å². The normalized spacial score (nSPS) is 11.0.